The highest BCUT2D eigenvalue weighted by Gasteiger charge is 2.17. The fraction of sp³-hybridized carbons (Fsp3) is 0.0833. The SMILES string of the molecule is N#Cc1ccc(S(=O)(=O)Nc2cccc(CO)c2)s1. The van der Waals surface area contributed by atoms with Crippen molar-refractivity contribution in [3.05, 3.63) is 46.8 Å². The van der Waals surface area contributed by atoms with Gasteiger partial charge in [-0.05, 0) is 29.8 Å². The Kier molecular flexibility index (Phi) is 3.85. The van der Waals surface area contributed by atoms with Gasteiger partial charge in [-0.25, -0.2) is 8.42 Å². The van der Waals surface area contributed by atoms with Crippen LogP contribution in [0.4, 0.5) is 5.69 Å². The Morgan fingerprint density at radius 2 is 2.11 bits per heavy atom. The molecule has 0 atom stereocenters. The average molecular weight is 294 g/mol. The highest BCUT2D eigenvalue weighted by molar-refractivity contribution is 7.94. The summed E-state index contributed by atoms with van der Waals surface area (Å²) in [7, 11) is -3.69. The van der Waals surface area contributed by atoms with Crippen molar-refractivity contribution in [3.8, 4) is 6.07 Å². The Morgan fingerprint density at radius 1 is 1.32 bits per heavy atom. The van der Waals surface area contributed by atoms with Gasteiger partial charge in [-0.15, -0.1) is 11.3 Å². The monoisotopic (exact) mass is 294 g/mol. The second-order valence-corrected chi connectivity index (χ2v) is 6.69. The Morgan fingerprint density at radius 3 is 2.74 bits per heavy atom. The van der Waals surface area contributed by atoms with E-state index in [2.05, 4.69) is 4.72 Å². The number of aliphatic hydroxyl groups excluding tert-OH is 1. The van der Waals surface area contributed by atoms with Gasteiger partial charge in [0.05, 0.1) is 6.61 Å². The molecule has 0 aliphatic rings. The van der Waals surface area contributed by atoms with Gasteiger partial charge in [-0.3, -0.25) is 4.72 Å². The van der Waals surface area contributed by atoms with Crippen LogP contribution in [0.2, 0.25) is 0 Å². The summed E-state index contributed by atoms with van der Waals surface area (Å²) in [4.78, 5) is 0.337. The number of benzene rings is 1. The maximum atomic E-state index is 12.1. The molecule has 0 spiro atoms. The zero-order valence-electron chi connectivity index (χ0n) is 9.70. The minimum absolute atomic E-state index is 0.0819. The largest absolute Gasteiger partial charge is 0.392 e. The summed E-state index contributed by atoms with van der Waals surface area (Å²) in [6.07, 6.45) is 0. The first-order valence-electron chi connectivity index (χ1n) is 5.28. The number of sulfonamides is 1. The molecule has 1 heterocycles. The Balaban J connectivity index is 2.28. The Labute approximate surface area is 114 Å². The second kappa shape index (κ2) is 5.40. The van der Waals surface area contributed by atoms with Crippen molar-refractivity contribution in [1.29, 1.82) is 5.26 Å². The lowest BCUT2D eigenvalue weighted by Gasteiger charge is -2.07. The number of thiophene rings is 1. The van der Waals surface area contributed by atoms with Crippen LogP contribution in [0, 0.1) is 11.3 Å². The maximum Gasteiger partial charge on any atom is 0.271 e. The van der Waals surface area contributed by atoms with Crippen molar-refractivity contribution < 1.29 is 13.5 Å². The number of anilines is 1. The predicted molar refractivity (Wildman–Crippen MR) is 72.2 cm³/mol. The van der Waals surface area contributed by atoms with E-state index in [1.54, 1.807) is 24.3 Å². The summed E-state index contributed by atoms with van der Waals surface area (Å²) in [5.41, 5.74) is 0.988. The molecule has 0 radical (unpaired) electrons. The lowest BCUT2D eigenvalue weighted by molar-refractivity contribution is 0.282. The minimum Gasteiger partial charge on any atom is -0.392 e. The van der Waals surface area contributed by atoms with E-state index in [1.165, 1.54) is 12.1 Å². The van der Waals surface area contributed by atoms with Gasteiger partial charge in [0.1, 0.15) is 15.2 Å². The normalized spacial score (nSPS) is 10.9. The summed E-state index contributed by atoms with van der Waals surface area (Å²) < 4.78 is 26.6. The molecule has 0 bridgehead atoms. The molecule has 0 fully saturated rings. The van der Waals surface area contributed by atoms with E-state index >= 15 is 0 Å². The molecule has 98 valence electrons. The van der Waals surface area contributed by atoms with E-state index in [0.29, 0.717) is 16.1 Å². The lowest BCUT2D eigenvalue weighted by Crippen LogP contribution is -2.11. The lowest BCUT2D eigenvalue weighted by atomic mass is 10.2. The molecule has 2 rings (SSSR count). The number of aliphatic hydroxyl groups is 1. The van der Waals surface area contributed by atoms with Crippen molar-refractivity contribution in [3.63, 3.8) is 0 Å². The molecule has 2 aromatic rings. The fourth-order valence-electron chi connectivity index (χ4n) is 1.46. The van der Waals surface area contributed by atoms with Crippen LogP contribution in [0.25, 0.3) is 0 Å². The molecule has 1 aromatic heterocycles. The quantitative estimate of drug-likeness (QED) is 0.901. The van der Waals surface area contributed by atoms with Gasteiger partial charge in [0, 0.05) is 5.69 Å². The van der Waals surface area contributed by atoms with Crippen LogP contribution in [0.1, 0.15) is 10.4 Å². The zero-order chi connectivity index (χ0) is 13.9. The Hall–Kier alpha value is -1.88. The smallest absolute Gasteiger partial charge is 0.271 e. The van der Waals surface area contributed by atoms with Crippen LogP contribution in [0.15, 0.2) is 40.6 Å². The summed E-state index contributed by atoms with van der Waals surface area (Å²) in [5.74, 6) is 0. The van der Waals surface area contributed by atoms with Gasteiger partial charge in [-0.1, -0.05) is 12.1 Å². The summed E-state index contributed by atoms with van der Waals surface area (Å²) in [5, 5.41) is 17.7. The van der Waals surface area contributed by atoms with Crippen molar-refractivity contribution in [1.82, 2.24) is 0 Å². The molecule has 0 aliphatic heterocycles. The number of hydrogen-bond donors (Lipinski definition) is 2. The zero-order valence-corrected chi connectivity index (χ0v) is 11.3. The van der Waals surface area contributed by atoms with Crippen LogP contribution >= 0.6 is 11.3 Å². The van der Waals surface area contributed by atoms with Gasteiger partial charge >= 0.3 is 0 Å². The van der Waals surface area contributed by atoms with Crippen molar-refractivity contribution in [2.24, 2.45) is 0 Å². The fourth-order valence-corrected chi connectivity index (χ4v) is 3.62. The van der Waals surface area contributed by atoms with E-state index in [-0.39, 0.29) is 10.8 Å². The third-order valence-electron chi connectivity index (χ3n) is 2.32. The second-order valence-electron chi connectivity index (χ2n) is 3.69. The van der Waals surface area contributed by atoms with Gasteiger partial charge in [-0.2, -0.15) is 5.26 Å². The number of nitriles is 1. The summed E-state index contributed by atoms with van der Waals surface area (Å²) >= 11 is 0.908. The van der Waals surface area contributed by atoms with Crippen molar-refractivity contribution in [2.75, 3.05) is 4.72 Å². The number of hydrogen-bond acceptors (Lipinski definition) is 5. The molecule has 2 N–H and O–H groups in total. The standard InChI is InChI=1S/C12H10N2O3S2/c13-7-11-4-5-12(18-11)19(16,17)14-10-3-1-2-9(6-10)8-15/h1-6,14-15H,8H2. The molecule has 0 saturated heterocycles. The first-order chi connectivity index (χ1) is 9.05. The van der Waals surface area contributed by atoms with Crippen LogP contribution in [0.5, 0.6) is 0 Å². The topological polar surface area (TPSA) is 90.2 Å². The third kappa shape index (κ3) is 3.12. The summed E-state index contributed by atoms with van der Waals surface area (Å²) in [6.45, 7) is -0.160. The van der Waals surface area contributed by atoms with Crippen molar-refractivity contribution in [2.45, 2.75) is 10.8 Å². The predicted octanol–water partition coefficient (Wildman–Crippen LogP) is 1.91. The minimum atomic E-state index is -3.69. The molecule has 0 amide bonds. The molecule has 0 unspecified atom stereocenters. The molecular formula is C12H10N2O3S2. The summed E-state index contributed by atoms with van der Waals surface area (Å²) in [6, 6.07) is 11.2. The van der Waals surface area contributed by atoms with E-state index in [0.717, 1.165) is 11.3 Å². The highest BCUT2D eigenvalue weighted by atomic mass is 32.2. The highest BCUT2D eigenvalue weighted by Crippen LogP contribution is 2.23. The molecule has 19 heavy (non-hydrogen) atoms. The molecule has 5 nitrogen and oxygen atoms in total. The first-order valence-corrected chi connectivity index (χ1v) is 7.57. The van der Waals surface area contributed by atoms with E-state index < -0.39 is 10.0 Å². The number of nitrogens with zero attached hydrogens (tertiary/aromatic N) is 1. The first kappa shape index (κ1) is 13.5. The van der Waals surface area contributed by atoms with Crippen LogP contribution in [0.3, 0.4) is 0 Å². The molecule has 0 saturated carbocycles. The van der Waals surface area contributed by atoms with E-state index in [4.69, 9.17) is 10.4 Å². The molecule has 1 aromatic carbocycles. The average Bonchev–Trinajstić information content (AvgIpc) is 2.88. The van der Waals surface area contributed by atoms with Gasteiger partial charge in [0.25, 0.3) is 10.0 Å². The van der Waals surface area contributed by atoms with Crippen LogP contribution in [-0.4, -0.2) is 13.5 Å². The van der Waals surface area contributed by atoms with E-state index in [9.17, 15) is 8.42 Å². The molecular weight excluding hydrogens is 284 g/mol. The van der Waals surface area contributed by atoms with Gasteiger partial charge in [0.2, 0.25) is 0 Å². The van der Waals surface area contributed by atoms with Gasteiger partial charge < -0.3 is 5.11 Å². The van der Waals surface area contributed by atoms with Crippen LogP contribution in [-0.2, 0) is 16.6 Å². The number of nitrogens with one attached hydrogen (secondary N) is 1. The van der Waals surface area contributed by atoms with Crippen LogP contribution < -0.4 is 4.72 Å². The molecule has 0 aliphatic carbocycles. The Bertz CT molecular complexity index is 729. The van der Waals surface area contributed by atoms with Crippen molar-refractivity contribution >= 4 is 27.0 Å². The maximum absolute atomic E-state index is 12.1. The molecule has 7 heteroatoms. The van der Waals surface area contributed by atoms with Gasteiger partial charge in [0.15, 0.2) is 0 Å². The van der Waals surface area contributed by atoms with E-state index in [1.807, 2.05) is 6.07 Å². The number of rotatable bonds is 4. The third-order valence-corrected chi connectivity index (χ3v) is 5.18.